The Labute approximate surface area is 81.5 Å². The maximum Gasteiger partial charge on any atom is 0.328 e. The van der Waals surface area contributed by atoms with Gasteiger partial charge in [-0.2, -0.15) is 0 Å². The Morgan fingerprint density at radius 1 is 1.54 bits per heavy atom. The first-order chi connectivity index (χ1) is 6.09. The predicted octanol–water partition coefficient (Wildman–Crippen LogP) is 2.97. The highest BCUT2D eigenvalue weighted by Crippen LogP contribution is 2.24. The summed E-state index contributed by atoms with van der Waals surface area (Å²) >= 11 is 1.63. The molecule has 0 aromatic carbocycles. The van der Waals surface area contributed by atoms with Crippen LogP contribution < -0.4 is 0 Å². The molecule has 1 heterocycles. The zero-order valence-corrected chi connectivity index (χ0v) is 8.47. The molecule has 0 unspecified atom stereocenters. The van der Waals surface area contributed by atoms with Crippen molar-refractivity contribution in [3.8, 4) is 0 Å². The number of aliphatic carboxylic acids is 1. The van der Waals surface area contributed by atoms with E-state index in [0.717, 1.165) is 11.0 Å². The zero-order valence-electron chi connectivity index (χ0n) is 7.65. The SMILES string of the molecule is CC(C)c1ccc(/C=C/C(=O)O)s1. The maximum absolute atomic E-state index is 10.2. The number of carboxylic acids is 1. The lowest BCUT2D eigenvalue weighted by molar-refractivity contribution is -0.131. The number of carbonyl (C=O) groups is 1. The van der Waals surface area contributed by atoms with E-state index in [1.807, 2.05) is 12.1 Å². The van der Waals surface area contributed by atoms with Crippen molar-refractivity contribution in [2.24, 2.45) is 0 Å². The van der Waals surface area contributed by atoms with Crippen LogP contribution in [0.2, 0.25) is 0 Å². The Morgan fingerprint density at radius 2 is 2.23 bits per heavy atom. The Morgan fingerprint density at radius 3 is 2.69 bits per heavy atom. The van der Waals surface area contributed by atoms with E-state index in [4.69, 9.17) is 5.11 Å². The number of hydrogen-bond donors (Lipinski definition) is 1. The third-order valence-electron chi connectivity index (χ3n) is 1.61. The molecule has 0 aliphatic rings. The molecule has 0 fully saturated rings. The molecule has 0 radical (unpaired) electrons. The molecule has 0 atom stereocenters. The van der Waals surface area contributed by atoms with Crippen LogP contribution in [0.1, 0.15) is 29.5 Å². The van der Waals surface area contributed by atoms with Crippen molar-refractivity contribution in [3.63, 3.8) is 0 Å². The first-order valence-corrected chi connectivity index (χ1v) is 4.92. The van der Waals surface area contributed by atoms with Gasteiger partial charge in [0.15, 0.2) is 0 Å². The van der Waals surface area contributed by atoms with Gasteiger partial charge in [0.1, 0.15) is 0 Å². The van der Waals surface area contributed by atoms with Crippen LogP contribution in [0.3, 0.4) is 0 Å². The van der Waals surface area contributed by atoms with E-state index in [0.29, 0.717) is 5.92 Å². The van der Waals surface area contributed by atoms with Gasteiger partial charge < -0.3 is 5.11 Å². The van der Waals surface area contributed by atoms with E-state index in [1.165, 1.54) is 4.88 Å². The van der Waals surface area contributed by atoms with E-state index >= 15 is 0 Å². The second-order valence-electron chi connectivity index (χ2n) is 3.07. The lowest BCUT2D eigenvalue weighted by atomic mass is 10.2. The van der Waals surface area contributed by atoms with Gasteiger partial charge in [-0.3, -0.25) is 0 Å². The maximum atomic E-state index is 10.2. The number of thiophene rings is 1. The molecule has 0 saturated heterocycles. The van der Waals surface area contributed by atoms with E-state index in [9.17, 15) is 4.79 Å². The molecule has 1 aromatic rings. The van der Waals surface area contributed by atoms with Crippen LogP contribution in [0.25, 0.3) is 6.08 Å². The van der Waals surface area contributed by atoms with Crippen LogP contribution in [0.5, 0.6) is 0 Å². The Hall–Kier alpha value is -1.09. The van der Waals surface area contributed by atoms with Crippen LogP contribution in [0, 0.1) is 0 Å². The average Bonchev–Trinajstić information content (AvgIpc) is 2.48. The summed E-state index contributed by atoms with van der Waals surface area (Å²) in [6.07, 6.45) is 2.79. The highest BCUT2D eigenvalue weighted by atomic mass is 32.1. The van der Waals surface area contributed by atoms with Crippen LogP contribution in [-0.4, -0.2) is 11.1 Å². The van der Waals surface area contributed by atoms with Crippen LogP contribution in [0.4, 0.5) is 0 Å². The molecule has 0 aliphatic heterocycles. The normalized spacial score (nSPS) is 11.3. The zero-order chi connectivity index (χ0) is 9.84. The summed E-state index contributed by atoms with van der Waals surface area (Å²) < 4.78 is 0. The lowest BCUT2D eigenvalue weighted by Crippen LogP contribution is -1.84. The van der Waals surface area contributed by atoms with E-state index < -0.39 is 5.97 Å². The fraction of sp³-hybridized carbons (Fsp3) is 0.300. The van der Waals surface area contributed by atoms with Crippen molar-refractivity contribution in [2.75, 3.05) is 0 Å². The minimum atomic E-state index is -0.903. The van der Waals surface area contributed by atoms with Gasteiger partial charge in [0.05, 0.1) is 0 Å². The van der Waals surface area contributed by atoms with Gasteiger partial charge >= 0.3 is 5.97 Å². The topological polar surface area (TPSA) is 37.3 Å². The molecule has 0 amide bonds. The Kier molecular flexibility index (Phi) is 3.25. The summed E-state index contributed by atoms with van der Waals surface area (Å²) in [6, 6.07) is 3.98. The standard InChI is InChI=1S/C10H12O2S/c1-7(2)9-5-3-8(13-9)4-6-10(11)12/h3-7H,1-2H3,(H,11,12)/b6-4+. The summed E-state index contributed by atoms with van der Waals surface area (Å²) in [5.41, 5.74) is 0. The van der Waals surface area contributed by atoms with Crippen molar-refractivity contribution in [1.82, 2.24) is 0 Å². The number of carboxylic acid groups (broad SMARTS) is 1. The number of rotatable bonds is 3. The minimum Gasteiger partial charge on any atom is -0.478 e. The molecule has 2 nitrogen and oxygen atoms in total. The van der Waals surface area contributed by atoms with Gasteiger partial charge in [0, 0.05) is 15.8 Å². The smallest absolute Gasteiger partial charge is 0.328 e. The van der Waals surface area contributed by atoms with Gasteiger partial charge in [0.2, 0.25) is 0 Å². The van der Waals surface area contributed by atoms with Gasteiger partial charge in [-0.1, -0.05) is 13.8 Å². The molecular formula is C10H12O2S. The van der Waals surface area contributed by atoms with Crippen LogP contribution in [0.15, 0.2) is 18.2 Å². The van der Waals surface area contributed by atoms with Gasteiger partial charge in [-0.25, -0.2) is 4.79 Å². The average molecular weight is 196 g/mol. The molecule has 1 N–H and O–H groups in total. The molecule has 13 heavy (non-hydrogen) atoms. The largest absolute Gasteiger partial charge is 0.478 e. The molecule has 0 saturated carbocycles. The second kappa shape index (κ2) is 4.23. The quantitative estimate of drug-likeness (QED) is 0.754. The van der Waals surface area contributed by atoms with Crippen molar-refractivity contribution in [3.05, 3.63) is 28.0 Å². The number of hydrogen-bond acceptors (Lipinski definition) is 2. The highest BCUT2D eigenvalue weighted by molar-refractivity contribution is 7.13. The second-order valence-corrected chi connectivity index (χ2v) is 4.21. The fourth-order valence-electron chi connectivity index (χ4n) is 0.922. The summed E-state index contributed by atoms with van der Waals surface area (Å²) in [5, 5.41) is 8.41. The molecule has 3 heteroatoms. The Bertz CT molecular complexity index is 323. The summed E-state index contributed by atoms with van der Waals surface area (Å²) in [7, 11) is 0. The first-order valence-electron chi connectivity index (χ1n) is 4.10. The van der Waals surface area contributed by atoms with Crippen LogP contribution in [-0.2, 0) is 4.79 Å². The first kappa shape index (κ1) is 9.99. The van der Waals surface area contributed by atoms with Gasteiger partial charge in [-0.15, -0.1) is 11.3 Å². The summed E-state index contributed by atoms with van der Waals surface area (Å²) in [4.78, 5) is 12.5. The molecule has 1 rings (SSSR count). The Balaban J connectivity index is 2.75. The van der Waals surface area contributed by atoms with Crippen molar-refractivity contribution in [2.45, 2.75) is 19.8 Å². The third kappa shape index (κ3) is 3.03. The monoisotopic (exact) mass is 196 g/mol. The van der Waals surface area contributed by atoms with E-state index in [1.54, 1.807) is 17.4 Å². The lowest BCUT2D eigenvalue weighted by Gasteiger charge is -1.96. The minimum absolute atomic E-state index is 0.511. The van der Waals surface area contributed by atoms with Crippen molar-refractivity contribution in [1.29, 1.82) is 0 Å². The molecule has 0 bridgehead atoms. The van der Waals surface area contributed by atoms with E-state index in [-0.39, 0.29) is 0 Å². The predicted molar refractivity (Wildman–Crippen MR) is 55.1 cm³/mol. The van der Waals surface area contributed by atoms with Crippen molar-refractivity contribution >= 4 is 23.4 Å². The van der Waals surface area contributed by atoms with Gasteiger partial charge in [-0.05, 0) is 24.1 Å². The summed E-state index contributed by atoms with van der Waals surface area (Å²) in [5.74, 6) is -0.392. The third-order valence-corrected chi connectivity index (χ3v) is 2.96. The molecule has 1 aromatic heterocycles. The molecule has 0 spiro atoms. The fourth-order valence-corrected chi connectivity index (χ4v) is 1.84. The molecular weight excluding hydrogens is 184 g/mol. The van der Waals surface area contributed by atoms with Gasteiger partial charge in [0.25, 0.3) is 0 Å². The van der Waals surface area contributed by atoms with E-state index in [2.05, 4.69) is 13.8 Å². The molecule has 70 valence electrons. The van der Waals surface area contributed by atoms with Crippen molar-refractivity contribution < 1.29 is 9.90 Å². The van der Waals surface area contributed by atoms with Crippen LogP contribution >= 0.6 is 11.3 Å². The highest BCUT2D eigenvalue weighted by Gasteiger charge is 2.01. The summed E-state index contributed by atoms with van der Waals surface area (Å²) in [6.45, 7) is 4.24. The molecule has 0 aliphatic carbocycles.